The molecule has 3 aromatic carbocycles. The van der Waals surface area contributed by atoms with Crippen LogP contribution in [0.25, 0.3) is 0 Å². The van der Waals surface area contributed by atoms with Crippen molar-refractivity contribution < 1.29 is 14.3 Å². The molecule has 3 rings (SSSR count). The fourth-order valence-corrected chi connectivity index (χ4v) is 3.61. The van der Waals surface area contributed by atoms with Crippen molar-refractivity contribution in [3.63, 3.8) is 0 Å². The highest BCUT2D eigenvalue weighted by molar-refractivity contribution is 9.10. The number of benzene rings is 3. The second-order valence-electron chi connectivity index (χ2n) is 6.69. The number of nitrogens with zero attached hydrogens (tertiary/aromatic N) is 1. The maximum atomic E-state index is 12.2. The van der Waals surface area contributed by atoms with Gasteiger partial charge in [0.1, 0.15) is 6.61 Å². The van der Waals surface area contributed by atoms with E-state index >= 15 is 0 Å². The number of hydrazone groups is 1. The average Bonchev–Trinajstić information content (AvgIpc) is 2.74. The van der Waals surface area contributed by atoms with Gasteiger partial charge in [0, 0.05) is 10.6 Å². The van der Waals surface area contributed by atoms with Crippen LogP contribution in [0.1, 0.15) is 34.0 Å². The first-order chi connectivity index (χ1) is 15.0. The normalized spacial score (nSPS) is 10.8. The lowest BCUT2D eigenvalue weighted by molar-refractivity contribution is 0.0955. The predicted molar refractivity (Wildman–Crippen MR) is 127 cm³/mol. The summed E-state index contributed by atoms with van der Waals surface area (Å²) < 4.78 is 12.6. The molecule has 0 aliphatic heterocycles. The van der Waals surface area contributed by atoms with Crippen molar-refractivity contribution in [2.24, 2.45) is 5.10 Å². The van der Waals surface area contributed by atoms with Crippen LogP contribution in [0.3, 0.4) is 0 Å². The molecular weight excluding hydrogens is 480 g/mol. The van der Waals surface area contributed by atoms with E-state index in [1.54, 1.807) is 30.5 Å². The lowest BCUT2D eigenvalue weighted by Crippen LogP contribution is -2.17. The van der Waals surface area contributed by atoms with Crippen LogP contribution in [0.5, 0.6) is 11.5 Å². The first-order valence-electron chi connectivity index (χ1n) is 9.70. The van der Waals surface area contributed by atoms with Gasteiger partial charge in [-0.15, -0.1) is 0 Å². The summed E-state index contributed by atoms with van der Waals surface area (Å²) in [6, 6.07) is 18.4. The number of carbonyl (C=O) groups excluding carboxylic acids is 1. The molecule has 0 aromatic heterocycles. The van der Waals surface area contributed by atoms with Gasteiger partial charge in [0.25, 0.3) is 5.91 Å². The first kappa shape index (κ1) is 22.8. The minimum absolute atomic E-state index is 0.346. The Morgan fingerprint density at radius 2 is 1.94 bits per heavy atom. The third-order valence-electron chi connectivity index (χ3n) is 4.43. The highest BCUT2D eigenvalue weighted by atomic mass is 79.9. The summed E-state index contributed by atoms with van der Waals surface area (Å²) in [6.07, 6.45) is 1.54. The molecule has 0 radical (unpaired) electrons. The Labute approximate surface area is 195 Å². The van der Waals surface area contributed by atoms with Crippen LogP contribution in [-0.2, 0) is 6.61 Å². The van der Waals surface area contributed by atoms with Gasteiger partial charge < -0.3 is 9.47 Å². The summed E-state index contributed by atoms with van der Waals surface area (Å²) in [6.45, 7) is 4.87. The van der Waals surface area contributed by atoms with Crippen molar-refractivity contribution in [1.82, 2.24) is 5.43 Å². The Bertz CT molecular complexity index is 1100. The van der Waals surface area contributed by atoms with Crippen molar-refractivity contribution in [2.45, 2.75) is 20.5 Å². The number of nitrogens with one attached hydrogen (secondary N) is 1. The van der Waals surface area contributed by atoms with Crippen molar-refractivity contribution in [1.29, 1.82) is 0 Å². The van der Waals surface area contributed by atoms with Gasteiger partial charge in [-0.3, -0.25) is 4.79 Å². The van der Waals surface area contributed by atoms with Crippen LogP contribution in [0, 0.1) is 6.92 Å². The smallest absolute Gasteiger partial charge is 0.271 e. The highest BCUT2D eigenvalue weighted by Crippen LogP contribution is 2.37. The third kappa shape index (κ3) is 6.32. The average molecular weight is 502 g/mol. The summed E-state index contributed by atoms with van der Waals surface area (Å²) in [4.78, 5) is 12.2. The molecule has 31 heavy (non-hydrogen) atoms. The van der Waals surface area contributed by atoms with Gasteiger partial charge in [-0.05, 0) is 76.8 Å². The van der Waals surface area contributed by atoms with E-state index in [-0.39, 0.29) is 5.91 Å². The Balaban J connectivity index is 1.73. The van der Waals surface area contributed by atoms with E-state index in [1.807, 2.05) is 37.3 Å². The second kappa shape index (κ2) is 11.0. The Morgan fingerprint density at radius 3 is 2.68 bits per heavy atom. The van der Waals surface area contributed by atoms with Gasteiger partial charge in [0.2, 0.25) is 0 Å². The lowest BCUT2D eigenvalue weighted by atomic mass is 10.1. The zero-order chi connectivity index (χ0) is 22.2. The topological polar surface area (TPSA) is 59.9 Å². The molecule has 1 amide bonds. The molecule has 0 heterocycles. The number of carbonyl (C=O) groups is 1. The van der Waals surface area contributed by atoms with E-state index in [2.05, 4.69) is 39.4 Å². The van der Waals surface area contributed by atoms with Crippen LogP contribution in [0.4, 0.5) is 0 Å². The quantitative estimate of drug-likeness (QED) is 0.297. The standard InChI is InChI=1S/C24H22BrClN2O3/c1-3-30-22-12-17(14-27-28-24(29)18-9-6-10-20(26)13-18)11-21(25)23(22)31-15-19-8-5-4-7-16(19)2/h4-14H,3,15H2,1-2H3,(H,28,29)/b27-14-. The fourth-order valence-electron chi connectivity index (χ4n) is 2.85. The summed E-state index contributed by atoms with van der Waals surface area (Å²) >= 11 is 9.48. The largest absolute Gasteiger partial charge is 0.490 e. The van der Waals surface area contributed by atoms with Gasteiger partial charge in [-0.1, -0.05) is 41.9 Å². The summed E-state index contributed by atoms with van der Waals surface area (Å²) in [5, 5.41) is 4.53. The summed E-state index contributed by atoms with van der Waals surface area (Å²) in [5.41, 5.74) is 5.94. The molecule has 0 aliphatic rings. The Hall–Kier alpha value is -2.83. The number of aryl methyl sites for hydroxylation is 1. The number of halogens is 2. The minimum atomic E-state index is -0.346. The van der Waals surface area contributed by atoms with Gasteiger partial charge >= 0.3 is 0 Å². The third-order valence-corrected chi connectivity index (χ3v) is 5.26. The molecule has 1 N–H and O–H groups in total. The van der Waals surface area contributed by atoms with Crippen LogP contribution in [-0.4, -0.2) is 18.7 Å². The van der Waals surface area contributed by atoms with Crippen molar-refractivity contribution >= 4 is 39.7 Å². The monoisotopic (exact) mass is 500 g/mol. The maximum absolute atomic E-state index is 12.2. The maximum Gasteiger partial charge on any atom is 0.271 e. The molecule has 7 heteroatoms. The molecular formula is C24H22BrClN2O3. The number of hydrogen-bond donors (Lipinski definition) is 1. The molecule has 0 unspecified atom stereocenters. The van der Waals surface area contributed by atoms with E-state index in [0.29, 0.717) is 35.3 Å². The zero-order valence-corrected chi connectivity index (χ0v) is 19.5. The SMILES string of the molecule is CCOc1cc(/C=N\NC(=O)c2cccc(Cl)c2)cc(Br)c1OCc1ccccc1C. The molecule has 0 bridgehead atoms. The highest BCUT2D eigenvalue weighted by Gasteiger charge is 2.13. The summed E-state index contributed by atoms with van der Waals surface area (Å²) in [5.74, 6) is 0.860. The van der Waals surface area contributed by atoms with E-state index in [4.69, 9.17) is 21.1 Å². The molecule has 3 aromatic rings. The first-order valence-corrected chi connectivity index (χ1v) is 10.9. The Morgan fingerprint density at radius 1 is 1.13 bits per heavy atom. The van der Waals surface area contributed by atoms with Crippen LogP contribution in [0.2, 0.25) is 5.02 Å². The van der Waals surface area contributed by atoms with Crippen LogP contribution in [0.15, 0.2) is 70.2 Å². The van der Waals surface area contributed by atoms with Gasteiger partial charge in [0.15, 0.2) is 11.5 Å². The van der Waals surface area contributed by atoms with Crippen molar-refractivity contribution in [3.05, 3.63) is 92.4 Å². The van der Waals surface area contributed by atoms with E-state index in [9.17, 15) is 4.79 Å². The molecule has 0 atom stereocenters. The lowest BCUT2D eigenvalue weighted by Gasteiger charge is -2.15. The molecule has 0 saturated heterocycles. The van der Waals surface area contributed by atoms with Gasteiger partial charge in [-0.2, -0.15) is 5.10 Å². The molecule has 0 fully saturated rings. The van der Waals surface area contributed by atoms with E-state index in [0.717, 1.165) is 21.2 Å². The molecule has 0 spiro atoms. The Kier molecular flexibility index (Phi) is 8.09. The van der Waals surface area contributed by atoms with Gasteiger partial charge in [0.05, 0.1) is 17.3 Å². The molecule has 0 aliphatic carbocycles. The number of rotatable bonds is 8. The minimum Gasteiger partial charge on any atom is -0.490 e. The molecule has 160 valence electrons. The van der Waals surface area contributed by atoms with Crippen molar-refractivity contribution in [3.8, 4) is 11.5 Å². The zero-order valence-electron chi connectivity index (χ0n) is 17.2. The predicted octanol–water partition coefficient (Wildman–Crippen LogP) is 6.15. The van der Waals surface area contributed by atoms with Gasteiger partial charge in [-0.25, -0.2) is 5.43 Å². The number of ether oxygens (including phenoxy) is 2. The van der Waals surface area contributed by atoms with Crippen molar-refractivity contribution in [2.75, 3.05) is 6.61 Å². The molecule has 5 nitrogen and oxygen atoms in total. The second-order valence-corrected chi connectivity index (χ2v) is 7.98. The molecule has 0 saturated carbocycles. The number of hydrogen-bond acceptors (Lipinski definition) is 4. The number of amides is 1. The summed E-state index contributed by atoms with van der Waals surface area (Å²) in [7, 11) is 0. The van der Waals surface area contributed by atoms with Crippen LogP contribution >= 0.6 is 27.5 Å². The fraction of sp³-hybridized carbons (Fsp3) is 0.167. The van der Waals surface area contributed by atoms with Crippen LogP contribution < -0.4 is 14.9 Å². The van der Waals surface area contributed by atoms with E-state index < -0.39 is 0 Å². The van der Waals surface area contributed by atoms with E-state index in [1.165, 1.54) is 0 Å².